The highest BCUT2D eigenvalue weighted by molar-refractivity contribution is 5.98. The zero-order chi connectivity index (χ0) is 14.5. The second-order valence-electron chi connectivity index (χ2n) is 4.93. The van der Waals surface area contributed by atoms with E-state index in [-0.39, 0.29) is 23.2 Å². The number of nitriles is 1. The lowest BCUT2D eigenvalue weighted by Crippen LogP contribution is -2.37. The minimum absolute atomic E-state index is 0.00749. The summed E-state index contributed by atoms with van der Waals surface area (Å²) >= 11 is 0. The number of hydrogen-bond acceptors (Lipinski definition) is 4. The molecule has 1 saturated carbocycles. The third-order valence-electron chi connectivity index (χ3n) is 3.59. The largest absolute Gasteiger partial charge is 0.349 e. The van der Waals surface area contributed by atoms with Crippen LogP contribution in [0.4, 0.5) is 5.69 Å². The summed E-state index contributed by atoms with van der Waals surface area (Å²) in [6, 6.07) is 8.14. The molecule has 0 saturated heterocycles. The van der Waals surface area contributed by atoms with Crippen LogP contribution in [-0.2, 0) is 0 Å². The number of para-hydroxylation sites is 1. The van der Waals surface area contributed by atoms with Crippen LogP contribution in [0.5, 0.6) is 0 Å². The highest BCUT2D eigenvalue weighted by Crippen LogP contribution is 2.24. The van der Waals surface area contributed by atoms with Crippen LogP contribution in [0, 0.1) is 27.4 Å². The van der Waals surface area contributed by atoms with Gasteiger partial charge < -0.3 is 5.32 Å². The predicted octanol–water partition coefficient (Wildman–Crippen LogP) is 2.41. The number of hydrogen-bond donors (Lipinski definition) is 1. The van der Waals surface area contributed by atoms with Gasteiger partial charge in [-0.1, -0.05) is 12.1 Å². The molecule has 2 rings (SSSR count). The maximum atomic E-state index is 12.1. The van der Waals surface area contributed by atoms with Crippen molar-refractivity contribution in [3.05, 3.63) is 39.9 Å². The van der Waals surface area contributed by atoms with E-state index in [1.165, 1.54) is 18.2 Å². The summed E-state index contributed by atoms with van der Waals surface area (Å²) in [6.45, 7) is 0. The molecular weight excluding hydrogens is 258 g/mol. The van der Waals surface area contributed by atoms with Gasteiger partial charge in [0.25, 0.3) is 11.6 Å². The zero-order valence-electron chi connectivity index (χ0n) is 10.9. The second-order valence-corrected chi connectivity index (χ2v) is 4.93. The highest BCUT2D eigenvalue weighted by Gasteiger charge is 2.25. The number of nitrogens with zero attached hydrogens (tertiary/aromatic N) is 2. The van der Waals surface area contributed by atoms with Gasteiger partial charge in [0.1, 0.15) is 5.56 Å². The standard InChI is InChI=1S/C14H15N3O3/c15-9-10-5-7-11(8-6-10)16-14(18)12-3-1-2-4-13(12)17(19)20/h1-4,10-11H,5-8H2,(H,16,18). The number of nitro groups is 1. The third-order valence-corrected chi connectivity index (χ3v) is 3.59. The molecule has 1 fully saturated rings. The van der Waals surface area contributed by atoms with E-state index in [4.69, 9.17) is 5.26 Å². The van der Waals surface area contributed by atoms with Crippen molar-refractivity contribution in [2.45, 2.75) is 31.7 Å². The minimum Gasteiger partial charge on any atom is -0.349 e. The van der Waals surface area contributed by atoms with Crippen LogP contribution in [0.2, 0.25) is 0 Å². The van der Waals surface area contributed by atoms with Gasteiger partial charge in [0.05, 0.1) is 11.0 Å². The van der Waals surface area contributed by atoms with Gasteiger partial charge in [-0.05, 0) is 31.7 Å². The Morgan fingerprint density at radius 1 is 1.30 bits per heavy atom. The van der Waals surface area contributed by atoms with Crippen molar-refractivity contribution in [2.75, 3.05) is 0 Å². The second kappa shape index (κ2) is 6.15. The van der Waals surface area contributed by atoms with Crippen molar-refractivity contribution in [3.8, 4) is 6.07 Å². The topological polar surface area (TPSA) is 96.0 Å². The molecule has 1 amide bonds. The molecule has 6 heteroatoms. The van der Waals surface area contributed by atoms with Crippen molar-refractivity contribution in [3.63, 3.8) is 0 Å². The SMILES string of the molecule is N#CC1CCC(NC(=O)c2ccccc2[N+](=O)[O-])CC1. The van der Waals surface area contributed by atoms with Crippen LogP contribution >= 0.6 is 0 Å². The highest BCUT2D eigenvalue weighted by atomic mass is 16.6. The van der Waals surface area contributed by atoms with Crippen LogP contribution in [-0.4, -0.2) is 16.9 Å². The van der Waals surface area contributed by atoms with Gasteiger partial charge in [-0.2, -0.15) is 5.26 Å². The number of carbonyl (C=O) groups excluding carboxylic acids is 1. The van der Waals surface area contributed by atoms with E-state index in [2.05, 4.69) is 11.4 Å². The fourth-order valence-electron chi connectivity index (χ4n) is 2.45. The Labute approximate surface area is 116 Å². The molecule has 0 bridgehead atoms. The molecule has 1 aromatic rings. The molecular formula is C14H15N3O3. The van der Waals surface area contributed by atoms with Crippen LogP contribution in [0.25, 0.3) is 0 Å². The number of rotatable bonds is 3. The molecule has 0 aliphatic heterocycles. The Morgan fingerprint density at radius 2 is 1.95 bits per heavy atom. The summed E-state index contributed by atoms with van der Waals surface area (Å²) < 4.78 is 0. The van der Waals surface area contributed by atoms with E-state index >= 15 is 0 Å². The minimum atomic E-state index is -0.554. The van der Waals surface area contributed by atoms with Gasteiger partial charge >= 0.3 is 0 Å². The molecule has 0 unspecified atom stereocenters. The first-order valence-electron chi connectivity index (χ1n) is 6.55. The maximum absolute atomic E-state index is 12.1. The first kappa shape index (κ1) is 14.0. The van der Waals surface area contributed by atoms with E-state index in [0.29, 0.717) is 0 Å². The lowest BCUT2D eigenvalue weighted by atomic mass is 9.87. The number of benzene rings is 1. The number of carbonyl (C=O) groups is 1. The van der Waals surface area contributed by atoms with Crippen LogP contribution in [0.15, 0.2) is 24.3 Å². The summed E-state index contributed by atoms with van der Waals surface area (Å²) in [5, 5.41) is 22.5. The smallest absolute Gasteiger partial charge is 0.282 e. The lowest BCUT2D eigenvalue weighted by molar-refractivity contribution is -0.385. The van der Waals surface area contributed by atoms with Gasteiger partial charge in [0, 0.05) is 18.0 Å². The molecule has 0 spiro atoms. The van der Waals surface area contributed by atoms with Gasteiger partial charge in [-0.15, -0.1) is 0 Å². The maximum Gasteiger partial charge on any atom is 0.282 e. The van der Waals surface area contributed by atoms with Crippen molar-refractivity contribution >= 4 is 11.6 Å². The van der Waals surface area contributed by atoms with Gasteiger partial charge in [-0.3, -0.25) is 14.9 Å². The molecule has 0 heterocycles. The summed E-state index contributed by atoms with van der Waals surface area (Å²) in [5.74, 6) is -0.355. The Morgan fingerprint density at radius 3 is 2.55 bits per heavy atom. The normalized spacial score (nSPS) is 21.8. The molecule has 20 heavy (non-hydrogen) atoms. The molecule has 6 nitrogen and oxygen atoms in total. The molecule has 0 aromatic heterocycles. The van der Waals surface area contributed by atoms with E-state index in [1.54, 1.807) is 6.07 Å². The van der Waals surface area contributed by atoms with Crippen molar-refractivity contribution in [1.82, 2.24) is 5.32 Å². The first-order valence-corrected chi connectivity index (χ1v) is 6.55. The van der Waals surface area contributed by atoms with Crippen LogP contribution < -0.4 is 5.32 Å². The van der Waals surface area contributed by atoms with Gasteiger partial charge in [0.2, 0.25) is 0 Å². The summed E-state index contributed by atoms with van der Waals surface area (Å²) in [5.41, 5.74) is -0.101. The van der Waals surface area contributed by atoms with E-state index in [9.17, 15) is 14.9 Å². The molecule has 0 atom stereocenters. The Balaban J connectivity index is 2.03. The Bertz CT molecular complexity index is 557. The number of nitro benzene ring substituents is 1. The van der Waals surface area contributed by atoms with Crippen molar-refractivity contribution < 1.29 is 9.72 Å². The third kappa shape index (κ3) is 3.12. The lowest BCUT2D eigenvalue weighted by Gasteiger charge is -2.25. The fraction of sp³-hybridized carbons (Fsp3) is 0.429. The summed E-state index contributed by atoms with van der Waals surface area (Å²) in [4.78, 5) is 22.4. The van der Waals surface area contributed by atoms with Gasteiger partial charge in [0.15, 0.2) is 0 Å². The predicted molar refractivity (Wildman–Crippen MR) is 71.9 cm³/mol. The van der Waals surface area contributed by atoms with E-state index in [1.807, 2.05) is 0 Å². The number of amides is 1. The quantitative estimate of drug-likeness (QED) is 0.675. The average Bonchev–Trinajstić information content (AvgIpc) is 2.48. The van der Waals surface area contributed by atoms with Crippen molar-refractivity contribution in [1.29, 1.82) is 5.26 Å². The Kier molecular flexibility index (Phi) is 4.31. The summed E-state index contributed by atoms with van der Waals surface area (Å²) in [6.07, 6.45) is 3.01. The molecule has 104 valence electrons. The van der Waals surface area contributed by atoms with E-state index < -0.39 is 10.8 Å². The molecule has 1 N–H and O–H groups in total. The summed E-state index contributed by atoms with van der Waals surface area (Å²) in [7, 11) is 0. The zero-order valence-corrected chi connectivity index (χ0v) is 10.9. The number of nitrogens with one attached hydrogen (secondary N) is 1. The molecule has 1 aliphatic rings. The average molecular weight is 273 g/mol. The van der Waals surface area contributed by atoms with Crippen LogP contribution in [0.1, 0.15) is 36.0 Å². The Hall–Kier alpha value is -2.42. The van der Waals surface area contributed by atoms with Crippen molar-refractivity contribution in [2.24, 2.45) is 5.92 Å². The monoisotopic (exact) mass is 273 g/mol. The fourth-order valence-corrected chi connectivity index (χ4v) is 2.45. The van der Waals surface area contributed by atoms with Crippen LogP contribution in [0.3, 0.4) is 0 Å². The molecule has 1 aliphatic carbocycles. The van der Waals surface area contributed by atoms with Gasteiger partial charge in [-0.25, -0.2) is 0 Å². The first-order chi connectivity index (χ1) is 9.61. The molecule has 0 radical (unpaired) electrons. The molecule has 1 aromatic carbocycles. The van der Waals surface area contributed by atoms with E-state index in [0.717, 1.165) is 25.7 Å².